The number of carbonyl (C=O) groups is 1. The Kier molecular flexibility index (Phi) is 5.15. The molecule has 0 bridgehead atoms. The summed E-state index contributed by atoms with van der Waals surface area (Å²) in [6, 6.07) is 13.8. The first-order valence-corrected chi connectivity index (χ1v) is 10.1. The Hall–Kier alpha value is -2.36. The number of aliphatic imine (C=N–C) groups is 1. The molecule has 2 aromatic carbocycles. The quantitative estimate of drug-likeness (QED) is 0.558. The molecule has 9 heteroatoms. The van der Waals surface area contributed by atoms with Crippen LogP contribution >= 0.6 is 39.0 Å². The van der Waals surface area contributed by atoms with Crippen LogP contribution in [0.1, 0.15) is 5.56 Å². The molecule has 0 radical (unpaired) electrons. The van der Waals surface area contributed by atoms with E-state index < -0.39 is 0 Å². The highest BCUT2D eigenvalue weighted by Gasteiger charge is 2.24. The summed E-state index contributed by atoms with van der Waals surface area (Å²) < 4.78 is 14.3. The summed E-state index contributed by atoms with van der Waals surface area (Å²) in [5.74, 6) is -0.551. The minimum Gasteiger partial charge on any atom is -0.300 e. The highest BCUT2D eigenvalue weighted by molar-refractivity contribution is 9.10. The number of aromatic nitrogens is 2. The number of amidine groups is 1. The predicted molar refractivity (Wildman–Crippen MR) is 110 cm³/mol. The zero-order valence-corrected chi connectivity index (χ0v) is 16.7. The largest absolute Gasteiger partial charge is 0.300 e. The highest BCUT2D eigenvalue weighted by atomic mass is 79.9. The average molecular weight is 461 g/mol. The second-order valence-corrected chi connectivity index (χ2v) is 8.34. The molecule has 1 fully saturated rings. The van der Waals surface area contributed by atoms with E-state index in [0.29, 0.717) is 25.8 Å². The smallest absolute Gasteiger partial charge is 0.264 e. The first-order valence-electron chi connectivity index (χ1n) is 7.71. The zero-order valence-electron chi connectivity index (χ0n) is 13.5. The fourth-order valence-electron chi connectivity index (χ4n) is 2.31. The minimum atomic E-state index is -0.337. The normalized spacial score (nSPS) is 16.9. The fraction of sp³-hybridized carbons (Fsp3) is 0. The van der Waals surface area contributed by atoms with Crippen LogP contribution in [0, 0.1) is 5.82 Å². The van der Waals surface area contributed by atoms with E-state index in [0.717, 1.165) is 10.0 Å². The molecule has 0 spiro atoms. The lowest BCUT2D eigenvalue weighted by molar-refractivity contribution is -0.115. The third kappa shape index (κ3) is 4.32. The third-order valence-electron chi connectivity index (χ3n) is 3.48. The number of benzene rings is 2. The molecule has 0 aliphatic carbocycles. The molecule has 0 unspecified atom stereocenters. The monoisotopic (exact) mass is 460 g/mol. The number of rotatable bonds is 3. The Bertz CT molecular complexity index is 1100. The number of carbonyl (C=O) groups excluding carboxylic acids is 1. The molecule has 1 aliphatic heterocycles. The predicted octanol–water partition coefficient (Wildman–Crippen LogP) is 5.00. The van der Waals surface area contributed by atoms with Crippen LogP contribution in [0.2, 0.25) is 0 Å². The van der Waals surface area contributed by atoms with Gasteiger partial charge in [-0.25, -0.2) is 4.39 Å². The Morgan fingerprint density at radius 1 is 1.15 bits per heavy atom. The van der Waals surface area contributed by atoms with E-state index in [1.165, 1.54) is 35.2 Å². The van der Waals surface area contributed by atoms with Crippen LogP contribution in [0.4, 0.5) is 9.52 Å². The molecule has 0 saturated carbocycles. The van der Waals surface area contributed by atoms with Crippen molar-refractivity contribution in [1.82, 2.24) is 15.5 Å². The van der Waals surface area contributed by atoms with Crippen LogP contribution in [0.5, 0.6) is 0 Å². The minimum absolute atomic E-state index is 0.214. The van der Waals surface area contributed by atoms with E-state index >= 15 is 0 Å². The summed E-state index contributed by atoms with van der Waals surface area (Å²) in [5, 5.41) is 12.1. The van der Waals surface area contributed by atoms with Gasteiger partial charge in [0.25, 0.3) is 5.91 Å². The van der Waals surface area contributed by atoms with Gasteiger partial charge in [-0.15, -0.1) is 10.2 Å². The maximum atomic E-state index is 13.3. The lowest BCUT2D eigenvalue weighted by atomic mass is 10.2. The Morgan fingerprint density at radius 2 is 2.00 bits per heavy atom. The van der Waals surface area contributed by atoms with Crippen LogP contribution in [0.15, 0.2) is 62.9 Å². The summed E-state index contributed by atoms with van der Waals surface area (Å²) in [6.07, 6.45) is 1.80. The Labute approximate surface area is 170 Å². The van der Waals surface area contributed by atoms with Gasteiger partial charge >= 0.3 is 0 Å². The third-order valence-corrected chi connectivity index (χ3v) is 5.75. The molecule has 4 rings (SSSR count). The van der Waals surface area contributed by atoms with Crippen LogP contribution in [0.25, 0.3) is 16.6 Å². The molecule has 27 heavy (non-hydrogen) atoms. The SMILES string of the molecule is O=C1NC(=Nc2nnc(-c3cccc(F)c3)s2)SC1=Cc1cccc(Br)c1. The van der Waals surface area contributed by atoms with Crippen molar-refractivity contribution in [2.75, 3.05) is 0 Å². The maximum Gasteiger partial charge on any atom is 0.264 e. The first kappa shape index (κ1) is 18.0. The van der Waals surface area contributed by atoms with E-state index in [2.05, 4.69) is 36.4 Å². The van der Waals surface area contributed by atoms with Gasteiger partial charge in [0.1, 0.15) is 10.8 Å². The van der Waals surface area contributed by atoms with Crippen molar-refractivity contribution < 1.29 is 9.18 Å². The molecule has 3 aromatic rings. The van der Waals surface area contributed by atoms with Crippen molar-refractivity contribution >= 4 is 61.3 Å². The topological polar surface area (TPSA) is 67.2 Å². The van der Waals surface area contributed by atoms with E-state index in [1.54, 1.807) is 18.2 Å². The second-order valence-electron chi connectivity index (χ2n) is 5.44. The van der Waals surface area contributed by atoms with E-state index in [-0.39, 0.29) is 11.7 Å². The molecule has 1 aromatic heterocycles. The fourth-order valence-corrected chi connectivity index (χ4v) is 4.33. The molecule has 1 aliphatic rings. The number of halogens is 2. The second kappa shape index (κ2) is 7.71. The van der Waals surface area contributed by atoms with Gasteiger partial charge < -0.3 is 5.32 Å². The summed E-state index contributed by atoms with van der Waals surface area (Å²) >= 11 is 5.87. The summed E-state index contributed by atoms with van der Waals surface area (Å²) in [4.78, 5) is 17.0. The van der Waals surface area contributed by atoms with Gasteiger partial charge in [0.05, 0.1) is 4.91 Å². The van der Waals surface area contributed by atoms with Crippen molar-refractivity contribution in [2.45, 2.75) is 0 Å². The number of nitrogens with one attached hydrogen (secondary N) is 1. The zero-order chi connectivity index (χ0) is 18.8. The molecule has 1 saturated heterocycles. The van der Waals surface area contributed by atoms with Crippen LogP contribution in [-0.4, -0.2) is 21.3 Å². The Balaban J connectivity index is 1.55. The van der Waals surface area contributed by atoms with Crippen molar-refractivity contribution in [3.05, 3.63) is 69.3 Å². The lowest BCUT2D eigenvalue weighted by Crippen LogP contribution is -2.19. The number of nitrogens with zero attached hydrogens (tertiary/aromatic N) is 3. The molecular formula is C18H10BrFN4OS2. The molecule has 1 N–H and O–H groups in total. The highest BCUT2D eigenvalue weighted by Crippen LogP contribution is 2.32. The van der Waals surface area contributed by atoms with Crippen molar-refractivity contribution in [3.63, 3.8) is 0 Å². The molecule has 5 nitrogen and oxygen atoms in total. The standard InChI is InChI=1S/C18H10BrFN4OS2/c19-12-5-1-3-10(7-12)8-14-15(25)21-17(26-14)22-18-24-23-16(27-18)11-4-2-6-13(20)9-11/h1-9H,(H,21,22,24,25). The summed E-state index contributed by atoms with van der Waals surface area (Å²) in [7, 11) is 0. The average Bonchev–Trinajstić information content (AvgIpc) is 3.22. The van der Waals surface area contributed by atoms with Crippen molar-refractivity contribution in [1.29, 1.82) is 0 Å². The Morgan fingerprint density at radius 3 is 2.81 bits per heavy atom. The number of hydrogen-bond donors (Lipinski definition) is 1. The number of hydrogen-bond acceptors (Lipinski definition) is 6. The van der Waals surface area contributed by atoms with Gasteiger partial charge in [-0.1, -0.05) is 51.5 Å². The van der Waals surface area contributed by atoms with E-state index in [1.807, 2.05) is 24.3 Å². The number of thioether (sulfide) groups is 1. The van der Waals surface area contributed by atoms with Gasteiger partial charge in [0.2, 0.25) is 5.13 Å². The van der Waals surface area contributed by atoms with Gasteiger partial charge in [0, 0.05) is 10.0 Å². The van der Waals surface area contributed by atoms with Gasteiger partial charge in [-0.2, -0.15) is 4.99 Å². The molecule has 2 heterocycles. The summed E-state index contributed by atoms with van der Waals surface area (Å²) in [6.45, 7) is 0. The first-order chi connectivity index (χ1) is 13.1. The van der Waals surface area contributed by atoms with Crippen LogP contribution < -0.4 is 5.32 Å². The molecule has 1 amide bonds. The van der Waals surface area contributed by atoms with Gasteiger partial charge in [0.15, 0.2) is 5.17 Å². The molecular weight excluding hydrogens is 451 g/mol. The summed E-state index contributed by atoms with van der Waals surface area (Å²) in [5.41, 5.74) is 1.55. The number of amides is 1. The maximum absolute atomic E-state index is 13.3. The van der Waals surface area contributed by atoms with Gasteiger partial charge in [-0.3, -0.25) is 4.79 Å². The molecule has 134 valence electrons. The lowest BCUT2D eigenvalue weighted by Gasteiger charge is -1.95. The van der Waals surface area contributed by atoms with Crippen LogP contribution in [0.3, 0.4) is 0 Å². The van der Waals surface area contributed by atoms with Crippen LogP contribution in [-0.2, 0) is 4.79 Å². The van der Waals surface area contributed by atoms with Gasteiger partial charge in [-0.05, 0) is 47.7 Å². The van der Waals surface area contributed by atoms with Crippen molar-refractivity contribution in [2.24, 2.45) is 4.99 Å². The van der Waals surface area contributed by atoms with E-state index in [4.69, 9.17) is 0 Å². The van der Waals surface area contributed by atoms with Crippen molar-refractivity contribution in [3.8, 4) is 10.6 Å². The van der Waals surface area contributed by atoms with E-state index in [9.17, 15) is 9.18 Å². The molecule has 0 atom stereocenters.